The zero-order chi connectivity index (χ0) is 27.0. The van der Waals surface area contributed by atoms with Crippen LogP contribution in [0.4, 0.5) is 24.5 Å². The van der Waals surface area contributed by atoms with E-state index in [0.29, 0.717) is 28.3 Å². The minimum atomic E-state index is -4.62. The van der Waals surface area contributed by atoms with Gasteiger partial charge in [-0.15, -0.1) is 0 Å². The van der Waals surface area contributed by atoms with E-state index in [9.17, 15) is 22.8 Å². The van der Waals surface area contributed by atoms with Gasteiger partial charge in [0.25, 0.3) is 11.8 Å². The Labute approximate surface area is 214 Å². The summed E-state index contributed by atoms with van der Waals surface area (Å²) >= 11 is 0. The molecule has 0 spiro atoms. The van der Waals surface area contributed by atoms with E-state index in [4.69, 9.17) is 0 Å². The van der Waals surface area contributed by atoms with Crippen LogP contribution in [0.15, 0.2) is 79.5 Å². The molecular weight excluding hydrogens is 497 g/mol. The molecule has 2 aromatic carbocycles. The molecule has 5 rings (SSSR count). The third-order valence-electron chi connectivity index (χ3n) is 5.91. The summed E-state index contributed by atoms with van der Waals surface area (Å²) in [6, 6.07) is 13.3. The van der Waals surface area contributed by atoms with Crippen LogP contribution in [0.2, 0.25) is 0 Å². The molecule has 0 aliphatic rings. The summed E-state index contributed by atoms with van der Waals surface area (Å²) in [6.07, 6.45) is 1.52. The van der Waals surface area contributed by atoms with Gasteiger partial charge in [-0.05, 0) is 61.9 Å². The maximum atomic E-state index is 13.6. The Hall–Kier alpha value is -4.93. The van der Waals surface area contributed by atoms with Crippen LogP contribution in [0, 0.1) is 13.8 Å². The summed E-state index contributed by atoms with van der Waals surface area (Å²) in [7, 11) is 0. The van der Waals surface area contributed by atoms with E-state index in [-0.39, 0.29) is 16.9 Å². The molecule has 0 fully saturated rings. The first kappa shape index (κ1) is 24.8. The van der Waals surface area contributed by atoms with Gasteiger partial charge in [0.15, 0.2) is 0 Å². The van der Waals surface area contributed by atoms with Gasteiger partial charge in [0.1, 0.15) is 11.3 Å². The number of carbonyl (C=O) groups is 2. The number of nitrogens with zero attached hydrogens (tertiary/aromatic N) is 4. The Kier molecular flexibility index (Phi) is 6.19. The fraction of sp³-hybridized carbons (Fsp3) is 0.111. The highest BCUT2D eigenvalue weighted by molar-refractivity contribution is 6.07. The average molecular weight is 518 g/mol. The Morgan fingerprint density at radius 3 is 2.47 bits per heavy atom. The monoisotopic (exact) mass is 518 g/mol. The van der Waals surface area contributed by atoms with E-state index in [1.54, 1.807) is 54.9 Å². The van der Waals surface area contributed by atoms with E-state index in [1.807, 2.05) is 0 Å². The molecular formula is C27H21F3N6O2. The number of rotatable bonds is 5. The minimum Gasteiger partial charge on any atom is -0.322 e. The van der Waals surface area contributed by atoms with Crippen molar-refractivity contribution in [3.63, 3.8) is 0 Å². The van der Waals surface area contributed by atoms with Crippen LogP contribution < -0.4 is 10.6 Å². The molecule has 0 saturated carbocycles. The van der Waals surface area contributed by atoms with E-state index in [0.717, 1.165) is 12.1 Å². The lowest BCUT2D eigenvalue weighted by Gasteiger charge is -2.14. The van der Waals surface area contributed by atoms with Crippen molar-refractivity contribution in [2.45, 2.75) is 20.0 Å². The van der Waals surface area contributed by atoms with Crippen LogP contribution in [0.1, 0.15) is 37.7 Å². The number of alkyl halides is 3. The highest BCUT2D eigenvalue weighted by Crippen LogP contribution is 2.33. The maximum Gasteiger partial charge on any atom is 0.416 e. The highest BCUT2D eigenvalue weighted by Gasteiger charge is 2.31. The quantitative estimate of drug-likeness (QED) is 0.314. The van der Waals surface area contributed by atoms with Gasteiger partial charge in [-0.25, -0.2) is 9.97 Å². The SMILES string of the molecule is Cc1cn(-c2cc(NC(=O)c3ccc(C)c(NC(=O)c4cnc5ccccn45)c3)cc(C(F)(F)F)c2)cn1. The van der Waals surface area contributed by atoms with Gasteiger partial charge < -0.3 is 15.2 Å². The topological polar surface area (TPSA) is 93.3 Å². The van der Waals surface area contributed by atoms with Crippen molar-refractivity contribution < 1.29 is 22.8 Å². The van der Waals surface area contributed by atoms with Crippen molar-refractivity contribution >= 4 is 28.8 Å². The number of aryl methyl sites for hydroxylation is 2. The van der Waals surface area contributed by atoms with Crippen molar-refractivity contribution in [3.05, 3.63) is 108 Å². The summed E-state index contributed by atoms with van der Waals surface area (Å²) in [5.41, 5.74) is 2.01. The maximum absolute atomic E-state index is 13.6. The second-order valence-corrected chi connectivity index (χ2v) is 8.70. The summed E-state index contributed by atoms with van der Waals surface area (Å²) in [5.74, 6) is -1.06. The summed E-state index contributed by atoms with van der Waals surface area (Å²) < 4.78 is 43.8. The number of pyridine rings is 1. The van der Waals surface area contributed by atoms with Crippen LogP contribution in [-0.4, -0.2) is 30.8 Å². The zero-order valence-electron chi connectivity index (χ0n) is 20.2. The van der Waals surface area contributed by atoms with Gasteiger partial charge in [0.2, 0.25) is 0 Å². The molecule has 3 aromatic heterocycles. The second-order valence-electron chi connectivity index (χ2n) is 8.70. The van der Waals surface area contributed by atoms with Gasteiger partial charge in [-0.3, -0.25) is 14.0 Å². The zero-order valence-corrected chi connectivity index (χ0v) is 20.2. The number of fused-ring (bicyclic) bond motifs is 1. The third kappa shape index (κ3) is 4.99. The van der Waals surface area contributed by atoms with Gasteiger partial charge in [-0.1, -0.05) is 12.1 Å². The summed E-state index contributed by atoms with van der Waals surface area (Å²) in [5, 5.41) is 5.33. The number of halogens is 3. The van der Waals surface area contributed by atoms with E-state index >= 15 is 0 Å². The molecule has 2 N–H and O–H groups in total. The molecule has 0 bridgehead atoms. The number of nitrogens with one attached hydrogen (secondary N) is 2. The van der Waals surface area contributed by atoms with Crippen LogP contribution in [-0.2, 0) is 6.18 Å². The van der Waals surface area contributed by atoms with Crippen LogP contribution in [0.3, 0.4) is 0 Å². The number of carbonyl (C=O) groups excluding carboxylic acids is 2. The van der Waals surface area contributed by atoms with E-state index < -0.39 is 23.6 Å². The van der Waals surface area contributed by atoms with E-state index in [1.165, 1.54) is 35.3 Å². The standard InChI is InChI=1S/C27H21F3N6O2/c1-16-6-7-18(9-22(16)34-26(38)23-13-31-24-5-3-4-8-36(23)24)25(37)33-20-10-19(27(28,29)30)11-21(12-20)35-14-17(2)32-15-35/h3-15H,1-2H3,(H,33,37)(H,34,38). The van der Waals surface area contributed by atoms with Gasteiger partial charge in [0.05, 0.1) is 23.8 Å². The van der Waals surface area contributed by atoms with E-state index in [2.05, 4.69) is 20.6 Å². The molecule has 2 amide bonds. The Morgan fingerprint density at radius 1 is 0.921 bits per heavy atom. The molecule has 38 heavy (non-hydrogen) atoms. The van der Waals surface area contributed by atoms with Crippen LogP contribution in [0.5, 0.6) is 0 Å². The minimum absolute atomic E-state index is 0.0388. The number of imidazole rings is 2. The number of benzene rings is 2. The van der Waals surface area contributed by atoms with Crippen molar-refractivity contribution in [2.75, 3.05) is 10.6 Å². The molecule has 11 heteroatoms. The molecule has 192 valence electrons. The van der Waals surface area contributed by atoms with Gasteiger partial charge in [0, 0.05) is 35.0 Å². The molecule has 0 atom stereocenters. The summed E-state index contributed by atoms with van der Waals surface area (Å²) in [6.45, 7) is 3.48. The number of aromatic nitrogens is 4. The molecule has 0 aliphatic heterocycles. The second kappa shape index (κ2) is 9.51. The first-order chi connectivity index (χ1) is 18.1. The van der Waals surface area contributed by atoms with Crippen molar-refractivity contribution in [2.24, 2.45) is 0 Å². The number of hydrogen-bond acceptors (Lipinski definition) is 4. The average Bonchev–Trinajstić information content (AvgIpc) is 3.51. The molecule has 5 aromatic rings. The number of amides is 2. The first-order valence-corrected chi connectivity index (χ1v) is 11.5. The normalized spacial score (nSPS) is 11.5. The predicted molar refractivity (Wildman–Crippen MR) is 136 cm³/mol. The number of anilines is 2. The third-order valence-corrected chi connectivity index (χ3v) is 5.91. The Balaban J connectivity index is 1.41. The van der Waals surface area contributed by atoms with Gasteiger partial charge >= 0.3 is 6.18 Å². The lowest BCUT2D eigenvalue weighted by Crippen LogP contribution is -2.17. The lowest BCUT2D eigenvalue weighted by molar-refractivity contribution is -0.137. The Bertz CT molecular complexity index is 1690. The van der Waals surface area contributed by atoms with Crippen molar-refractivity contribution in [1.82, 2.24) is 18.9 Å². The fourth-order valence-corrected chi connectivity index (χ4v) is 3.95. The van der Waals surface area contributed by atoms with Crippen LogP contribution >= 0.6 is 0 Å². The Morgan fingerprint density at radius 2 is 1.74 bits per heavy atom. The lowest BCUT2D eigenvalue weighted by atomic mass is 10.1. The fourth-order valence-electron chi connectivity index (χ4n) is 3.95. The first-order valence-electron chi connectivity index (χ1n) is 11.5. The smallest absolute Gasteiger partial charge is 0.322 e. The molecule has 0 aliphatic carbocycles. The molecule has 0 radical (unpaired) electrons. The largest absolute Gasteiger partial charge is 0.416 e. The molecule has 3 heterocycles. The molecule has 8 nitrogen and oxygen atoms in total. The molecule has 0 unspecified atom stereocenters. The van der Waals surface area contributed by atoms with Crippen LogP contribution in [0.25, 0.3) is 11.3 Å². The van der Waals surface area contributed by atoms with Crippen molar-refractivity contribution in [1.29, 1.82) is 0 Å². The number of hydrogen-bond donors (Lipinski definition) is 2. The highest BCUT2D eigenvalue weighted by atomic mass is 19.4. The van der Waals surface area contributed by atoms with Gasteiger partial charge in [-0.2, -0.15) is 13.2 Å². The molecule has 0 saturated heterocycles. The predicted octanol–water partition coefficient (Wildman–Crippen LogP) is 5.66. The van der Waals surface area contributed by atoms with Crippen molar-refractivity contribution in [3.8, 4) is 5.69 Å². The summed E-state index contributed by atoms with van der Waals surface area (Å²) in [4.78, 5) is 34.2.